The van der Waals surface area contributed by atoms with Gasteiger partial charge in [0, 0.05) is 25.2 Å². The lowest BCUT2D eigenvalue weighted by atomic mass is 10.1. The highest BCUT2D eigenvalue weighted by molar-refractivity contribution is 5.92. The number of aromatic nitrogens is 2. The quantitative estimate of drug-likeness (QED) is 0.914. The summed E-state index contributed by atoms with van der Waals surface area (Å²) in [4.78, 5) is 26.4. The van der Waals surface area contributed by atoms with Gasteiger partial charge in [0.1, 0.15) is 5.69 Å². The van der Waals surface area contributed by atoms with Crippen LogP contribution in [0.25, 0.3) is 0 Å². The van der Waals surface area contributed by atoms with Gasteiger partial charge in [0.05, 0.1) is 18.9 Å². The van der Waals surface area contributed by atoms with Gasteiger partial charge in [-0.2, -0.15) is 0 Å². The first-order valence-corrected chi connectivity index (χ1v) is 7.42. The topological polar surface area (TPSA) is 70.5 Å². The molecule has 1 aromatic heterocycles. The maximum Gasteiger partial charge on any atom is 0.271 e. The molecule has 0 atom stereocenters. The maximum absolute atomic E-state index is 12.1. The van der Waals surface area contributed by atoms with Crippen molar-refractivity contribution >= 4 is 17.9 Å². The molecule has 0 saturated carbocycles. The molecule has 1 amide bonds. The Bertz CT molecular complexity index is 710. The SMILES string of the molecule is O=C(NCCc1ccccc1)c1cnc(N2C=CN=CC2)cn1. The molecular formula is C17H17N5O. The molecule has 6 heteroatoms. The maximum atomic E-state index is 12.1. The van der Waals surface area contributed by atoms with Gasteiger partial charge in [0.15, 0.2) is 5.82 Å². The van der Waals surface area contributed by atoms with Crippen LogP contribution in [0.5, 0.6) is 0 Å². The van der Waals surface area contributed by atoms with Gasteiger partial charge in [0.2, 0.25) is 0 Å². The summed E-state index contributed by atoms with van der Waals surface area (Å²) in [5, 5.41) is 2.86. The van der Waals surface area contributed by atoms with Crippen LogP contribution in [0, 0.1) is 0 Å². The molecule has 0 unspecified atom stereocenters. The minimum Gasteiger partial charge on any atom is -0.350 e. The highest BCUT2D eigenvalue weighted by Crippen LogP contribution is 2.10. The van der Waals surface area contributed by atoms with Crippen LogP contribution in [0.2, 0.25) is 0 Å². The Morgan fingerprint density at radius 3 is 2.74 bits per heavy atom. The second-order valence-electron chi connectivity index (χ2n) is 5.03. The first-order valence-electron chi connectivity index (χ1n) is 7.42. The normalized spacial score (nSPS) is 13.1. The number of carbonyl (C=O) groups is 1. The lowest BCUT2D eigenvalue weighted by Gasteiger charge is -2.18. The van der Waals surface area contributed by atoms with Crippen LogP contribution in [0.3, 0.4) is 0 Å². The predicted molar refractivity (Wildman–Crippen MR) is 89.5 cm³/mol. The number of anilines is 1. The van der Waals surface area contributed by atoms with E-state index in [1.807, 2.05) is 41.4 Å². The van der Waals surface area contributed by atoms with Crippen molar-refractivity contribution in [2.75, 3.05) is 18.0 Å². The van der Waals surface area contributed by atoms with E-state index in [2.05, 4.69) is 20.3 Å². The molecule has 0 fully saturated rings. The third kappa shape index (κ3) is 4.00. The average molecular weight is 307 g/mol. The summed E-state index contributed by atoms with van der Waals surface area (Å²) in [7, 11) is 0. The van der Waals surface area contributed by atoms with Crippen LogP contribution >= 0.6 is 0 Å². The molecule has 2 aromatic rings. The van der Waals surface area contributed by atoms with Crippen molar-refractivity contribution in [3.8, 4) is 0 Å². The molecule has 3 rings (SSSR count). The largest absolute Gasteiger partial charge is 0.350 e. The zero-order valence-corrected chi connectivity index (χ0v) is 12.6. The van der Waals surface area contributed by atoms with Crippen LogP contribution in [0.4, 0.5) is 5.82 Å². The molecule has 0 radical (unpaired) electrons. The first kappa shape index (κ1) is 14.9. The van der Waals surface area contributed by atoms with E-state index < -0.39 is 0 Å². The molecule has 6 nitrogen and oxygen atoms in total. The van der Waals surface area contributed by atoms with Crippen molar-refractivity contribution in [3.63, 3.8) is 0 Å². The summed E-state index contributed by atoms with van der Waals surface area (Å²) in [6.45, 7) is 1.21. The van der Waals surface area contributed by atoms with E-state index in [0.717, 1.165) is 6.42 Å². The standard InChI is InChI=1S/C17H17N5O/c23-17(19-7-6-14-4-2-1-3-5-14)15-12-21-16(13-20-15)22-10-8-18-9-11-22/h1-5,8-10,12-13H,6-7,11H2,(H,19,23). The highest BCUT2D eigenvalue weighted by Gasteiger charge is 2.10. The van der Waals surface area contributed by atoms with Crippen molar-refractivity contribution in [2.45, 2.75) is 6.42 Å². The summed E-state index contributed by atoms with van der Waals surface area (Å²) in [6, 6.07) is 10.0. The van der Waals surface area contributed by atoms with E-state index in [1.165, 1.54) is 11.8 Å². The Kier molecular flexibility index (Phi) is 4.73. The Labute approximate surface area is 134 Å². The molecule has 1 N–H and O–H groups in total. The average Bonchev–Trinajstić information content (AvgIpc) is 2.63. The van der Waals surface area contributed by atoms with E-state index >= 15 is 0 Å². The third-order valence-electron chi connectivity index (χ3n) is 3.42. The highest BCUT2D eigenvalue weighted by atomic mass is 16.1. The van der Waals surface area contributed by atoms with Gasteiger partial charge < -0.3 is 10.2 Å². The van der Waals surface area contributed by atoms with Gasteiger partial charge in [-0.1, -0.05) is 30.3 Å². The monoisotopic (exact) mass is 307 g/mol. The minimum absolute atomic E-state index is 0.212. The Hall–Kier alpha value is -3.02. The molecule has 2 heterocycles. The van der Waals surface area contributed by atoms with E-state index in [4.69, 9.17) is 0 Å². The second kappa shape index (κ2) is 7.31. The van der Waals surface area contributed by atoms with Gasteiger partial charge in [-0.15, -0.1) is 0 Å². The zero-order valence-electron chi connectivity index (χ0n) is 12.6. The number of benzene rings is 1. The van der Waals surface area contributed by atoms with Crippen molar-refractivity contribution in [1.29, 1.82) is 0 Å². The van der Waals surface area contributed by atoms with Crippen LogP contribution in [0.15, 0.2) is 60.1 Å². The fourth-order valence-corrected chi connectivity index (χ4v) is 2.19. The Morgan fingerprint density at radius 1 is 1.17 bits per heavy atom. The number of rotatable bonds is 5. The van der Waals surface area contributed by atoms with Crippen LogP contribution in [-0.4, -0.2) is 35.2 Å². The van der Waals surface area contributed by atoms with E-state index in [1.54, 1.807) is 18.6 Å². The summed E-state index contributed by atoms with van der Waals surface area (Å²) in [5.41, 5.74) is 1.50. The van der Waals surface area contributed by atoms with E-state index in [-0.39, 0.29) is 5.91 Å². The number of nitrogens with one attached hydrogen (secondary N) is 1. The summed E-state index contributed by atoms with van der Waals surface area (Å²) < 4.78 is 0. The molecule has 0 saturated heterocycles. The van der Waals surface area contributed by atoms with Crippen LogP contribution in [0.1, 0.15) is 16.1 Å². The van der Waals surface area contributed by atoms with Crippen molar-refractivity contribution in [3.05, 3.63) is 66.4 Å². The van der Waals surface area contributed by atoms with Crippen molar-refractivity contribution < 1.29 is 4.79 Å². The predicted octanol–water partition coefficient (Wildman–Crippen LogP) is 1.81. The van der Waals surface area contributed by atoms with Crippen molar-refractivity contribution in [1.82, 2.24) is 15.3 Å². The minimum atomic E-state index is -0.212. The molecule has 1 aliphatic rings. The fraction of sp³-hybridized carbons (Fsp3) is 0.176. The Morgan fingerprint density at radius 2 is 2.04 bits per heavy atom. The van der Waals surface area contributed by atoms with E-state index in [0.29, 0.717) is 24.6 Å². The van der Waals surface area contributed by atoms with Gasteiger partial charge in [-0.05, 0) is 12.0 Å². The molecular weight excluding hydrogens is 290 g/mol. The summed E-state index contributed by atoms with van der Waals surface area (Å²) in [6.07, 6.45) is 9.17. The lowest BCUT2D eigenvalue weighted by Crippen LogP contribution is -2.27. The second-order valence-corrected chi connectivity index (χ2v) is 5.03. The van der Waals surface area contributed by atoms with Crippen LogP contribution < -0.4 is 10.2 Å². The molecule has 0 bridgehead atoms. The molecule has 116 valence electrons. The number of hydrogen-bond donors (Lipinski definition) is 1. The number of hydrogen-bond acceptors (Lipinski definition) is 5. The molecule has 1 aromatic carbocycles. The van der Waals surface area contributed by atoms with Gasteiger partial charge in [-0.25, -0.2) is 9.97 Å². The first-order chi connectivity index (χ1) is 11.3. The van der Waals surface area contributed by atoms with Crippen LogP contribution in [-0.2, 0) is 6.42 Å². The summed E-state index contributed by atoms with van der Waals surface area (Å²) in [5.74, 6) is 0.476. The van der Waals surface area contributed by atoms with Gasteiger partial charge >= 0.3 is 0 Å². The van der Waals surface area contributed by atoms with Gasteiger partial charge in [0.25, 0.3) is 5.91 Å². The number of aliphatic imine (C=N–C) groups is 1. The Balaban J connectivity index is 1.53. The number of amides is 1. The number of nitrogens with zero attached hydrogens (tertiary/aromatic N) is 4. The smallest absolute Gasteiger partial charge is 0.271 e. The third-order valence-corrected chi connectivity index (χ3v) is 3.42. The molecule has 23 heavy (non-hydrogen) atoms. The fourth-order valence-electron chi connectivity index (χ4n) is 2.19. The molecule has 0 aliphatic carbocycles. The van der Waals surface area contributed by atoms with Crippen molar-refractivity contribution in [2.24, 2.45) is 4.99 Å². The zero-order chi connectivity index (χ0) is 15.9. The lowest BCUT2D eigenvalue weighted by molar-refractivity contribution is 0.0949. The summed E-state index contributed by atoms with van der Waals surface area (Å²) >= 11 is 0. The van der Waals surface area contributed by atoms with E-state index in [9.17, 15) is 4.79 Å². The molecule has 0 spiro atoms. The molecule has 1 aliphatic heterocycles. The number of carbonyl (C=O) groups excluding carboxylic acids is 1. The van der Waals surface area contributed by atoms with Gasteiger partial charge in [-0.3, -0.25) is 9.79 Å².